The van der Waals surface area contributed by atoms with E-state index in [0.29, 0.717) is 6.42 Å². The number of ketones is 1. The maximum Gasteiger partial charge on any atom is 0.338 e. The van der Waals surface area contributed by atoms with Crippen LogP contribution in [-0.4, -0.2) is 52.0 Å². The molecule has 3 rings (SSSR count). The number of methoxy groups -OCH3 is 1. The highest BCUT2D eigenvalue weighted by Gasteiger charge is 2.66. The topological polar surface area (TPSA) is 113 Å². The van der Waals surface area contributed by atoms with Crippen LogP contribution < -0.4 is 4.74 Å². The lowest BCUT2D eigenvalue weighted by Crippen LogP contribution is -2.53. The van der Waals surface area contributed by atoms with E-state index in [4.69, 9.17) is 9.47 Å². The third-order valence-electron chi connectivity index (χ3n) is 6.85. The van der Waals surface area contributed by atoms with Crippen LogP contribution in [0.3, 0.4) is 0 Å². The van der Waals surface area contributed by atoms with Crippen molar-refractivity contribution in [3.8, 4) is 11.5 Å². The van der Waals surface area contributed by atoms with Crippen molar-refractivity contribution in [3.05, 3.63) is 35.4 Å². The molecule has 0 amide bonds. The van der Waals surface area contributed by atoms with Gasteiger partial charge in [-0.05, 0) is 38.0 Å². The molecule has 30 heavy (non-hydrogen) atoms. The van der Waals surface area contributed by atoms with Crippen LogP contribution >= 0.6 is 0 Å². The van der Waals surface area contributed by atoms with Crippen LogP contribution in [0.25, 0.3) is 0 Å². The molecule has 0 unspecified atom stereocenters. The summed E-state index contributed by atoms with van der Waals surface area (Å²) < 4.78 is 10.9. The monoisotopic (exact) mass is 418 g/mol. The predicted octanol–water partition coefficient (Wildman–Crippen LogP) is 2.62. The standard InChI is InChI=1S/C23H30O7/c1-12(2)23(28)11-19(26)22(4)18(25)9-13(3)8-17(20(22)23)30-21(27)14-6-7-15(24)16(10-14)29-5/h6-7,9-10,12,17-18,20,24-25,28H,8,11H2,1-5H3/t17-,18-,20-,22+,23+/m1/s1. The van der Waals surface area contributed by atoms with Crippen molar-refractivity contribution >= 4 is 11.8 Å². The van der Waals surface area contributed by atoms with Crippen LogP contribution in [0, 0.1) is 17.3 Å². The zero-order chi connectivity index (χ0) is 22.4. The molecule has 5 atom stereocenters. The van der Waals surface area contributed by atoms with E-state index in [-0.39, 0.29) is 35.2 Å². The quantitative estimate of drug-likeness (QED) is 0.509. The Kier molecular flexibility index (Phi) is 5.73. The number of rotatable bonds is 4. The Morgan fingerprint density at radius 1 is 1.30 bits per heavy atom. The highest BCUT2D eigenvalue weighted by atomic mass is 16.5. The van der Waals surface area contributed by atoms with Crippen LogP contribution in [-0.2, 0) is 9.53 Å². The van der Waals surface area contributed by atoms with Crippen molar-refractivity contribution in [2.24, 2.45) is 17.3 Å². The molecule has 0 radical (unpaired) electrons. The molecular formula is C23H30O7. The summed E-state index contributed by atoms with van der Waals surface area (Å²) in [7, 11) is 1.38. The third-order valence-corrected chi connectivity index (χ3v) is 6.85. The molecule has 7 heteroatoms. The van der Waals surface area contributed by atoms with Gasteiger partial charge in [0.1, 0.15) is 11.9 Å². The summed E-state index contributed by atoms with van der Waals surface area (Å²) in [5.41, 5.74) is -1.73. The number of aromatic hydroxyl groups is 1. The van der Waals surface area contributed by atoms with Gasteiger partial charge in [-0.15, -0.1) is 0 Å². The number of phenols is 1. The van der Waals surface area contributed by atoms with Gasteiger partial charge in [-0.1, -0.05) is 25.5 Å². The van der Waals surface area contributed by atoms with Gasteiger partial charge in [0.15, 0.2) is 11.5 Å². The van der Waals surface area contributed by atoms with Crippen molar-refractivity contribution in [1.82, 2.24) is 0 Å². The largest absolute Gasteiger partial charge is 0.504 e. The molecule has 2 aliphatic rings. The molecule has 1 saturated carbocycles. The number of esters is 1. The Morgan fingerprint density at radius 3 is 2.57 bits per heavy atom. The van der Waals surface area contributed by atoms with Gasteiger partial charge in [0.25, 0.3) is 0 Å². The Labute approximate surface area is 176 Å². The summed E-state index contributed by atoms with van der Waals surface area (Å²) >= 11 is 0. The summed E-state index contributed by atoms with van der Waals surface area (Å²) in [6.07, 6.45) is -0.0824. The van der Waals surface area contributed by atoms with Crippen molar-refractivity contribution in [1.29, 1.82) is 0 Å². The second kappa shape index (κ2) is 7.71. The zero-order valence-electron chi connectivity index (χ0n) is 18.0. The minimum Gasteiger partial charge on any atom is -0.504 e. The second-order valence-electron chi connectivity index (χ2n) is 9.00. The smallest absolute Gasteiger partial charge is 0.338 e. The average Bonchev–Trinajstić information content (AvgIpc) is 2.82. The molecule has 1 fully saturated rings. The number of benzene rings is 1. The maximum atomic E-state index is 13.0. The van der Waals surface area contributed by atoms with E-state index in [1.165, 1.54) is 25.3 Å². The fourth-order valence-corrected chi connectivity index (χ4v) is 4.94. The van der Waals surface area contributed by atoms with Crippen LogP contribution in [0.1, 0.15) is 50.9 Å². The zero-order valence-corrected chi connectivity index (χ0v) is 18.0. The van der Waals surface area contributed by atoms with Crippen LogP contribution in [0.2, 0.25) is 0 Å². The van der Waals surface area contributed by atoms with Gasteiger partial charge in [0.05, 0.1) is 29.8 Å². The van der Waals surface area contributed by atoms with Crippen molar-refractivity contribution in [3.63, 3.8) is 0 Å². The number of aliphatic hydroxyl groups is 2. The Hall–Kier alpha value is -2.38. The lowest BCUT2D eigenvalue weighted by Gasteiger charge is -2.43. The number of hydrogen-bond donors (Lipinski definition) is 3. The highest BCUT2D eigenvalue weighted by molar-refractivity contribution is 5.92. The first kappa shape index (κ1) is 22.3. The van der Waals surface area contributed by atoms with E-state index in [2.05, 4.69) is 0 Å². The number of carbonyl (C=O) groups is 2. The number of hydrogen-bond acceptors (Lipinski definition) is 7. The van der Waals surface area contributed by atoms with Gasteiger partial charge < -0.3 is 24.8 Å². The van der Waals surface area contributed by atoms with Crippen LogP contribution in [0.15, 0.2) is 29.8 Å². The maximum absolute atomic E-state index is 13.0. The number of ether oxygens (including phenoxy) is 2. The molecule has 1 aromatic rings. The summed E-state index contributed by atoms with van der Waals surface area (Å²) in [5, 5.41) is 32.1. The lowest BCUT2D eigenvalue weighted by molar-refractivity contribution is -0.141. The first-order valence-corrected chi connectivity index (χ1v) is 10.1. The lowest BCUT2D eigenvalue weighted by atomic mass is 9.66. The van der Waals surface area contributed by atoms with Crippen molar-refractivity contribution in [2.75, 3.05) is 7.11 Å². The molecule has 0 aliphatic heterocycles. The second-order valence-corrected chi connectivity index (χ2v) is 9.00. The molecule has 7 nitrogen and oxygen atoms in total. The summed E-state index contributed by atoms with van der Waals surface area (Å²) in [5.74, 6) is -1.92. The Morgan fingerprint density at radius 2 is 1.97 bits per heavy atom. The fourth-order valence-electron chi connectivity index (χ4n) is 4.94. The van der Waals surface area contributed by atoms with Gasteiger partial charge in [0, 0.05) is 18.8 Å². The minimum absolute atomic E-state index is 0.100. The van der Waals surface area contributed by atoms with E-state index >= 15 is 0 Å². The summed E-state index contributed by atoms with van der Waals surface area (Å²) in [4.78, 5) is 25.9. The molecular weight excluding hydrogens is 388 g/mol. The molecule has 0 heterocycles. The van der Waals surface area contributed by atoms with Gasteiger partial charge in [-0.2, -0.15) is 0 Å². The van der Waals surface area contributed by atoms with Crippen LogP contribution in [0.4, 0.5) is 0 Å². The van der Waals surface area contributed by atoms with E-state index in [1.54, 1.807) is 19.9 Å². The first-order valence-electron chi connectivity index (χ1n) is 10.1. The van der Waals surface area contributed by atoms with Crippen LogP contribution in [0.5, 0.6) is 11.5 Å². The van der Waals surface area contributed by atoms with Gasteiger partial charge >= 0.3 is 5.97 Å². The molecule has 0 spiro atoms. The molecule has 2 aliphatic carbocycles. The number of phenolic OH excluding ortho intramolecular Hbond substituents is 1. The Balaban J connectivity index is 2.02. The minimum atomic E-state index is -1.41. The molecule has 0 bridgehead atoms. The first-order chi connectivity index (χ1) is 13.9. The number of Topliss-reactive ketones (excluding diaryl/α,β-unsaturated/α-hetero) is 1. The highest BCUT2D eigenvalue weighted by Crippen LogP contribution is 2.56. The van der Waals surface area contributed by atoms with Crippen molar-refractivity contribution < 1.29 is 34.4 Å². The van der Waals surface area contributed by atoms with E-state index < -0.39 is 35.1 Å². The normalized spacial score (nSPS) is 33.7. The fraction of sp³-hybridized carbons (Fsp3) is 0.565. The number of fused-ring (bicyclic) bond motifs is 1. The SMILES string of the molecule is COc1cc(C(=O)O[C@@H]2CC(C)=C[C@@H](O)[C@@]3(C)C(=O)C[C@](O)(C(C)C)[C@H]23)ccc1O. The summed E-state index contributed by atoms with van der Waals surface area (Å²) in [6.45, 7) is 7.09. The van der Waals surface area contributed by atoms with E-state index in [1.807, 2.05) is 13.8 Å². The third kappa shape index (κ3) is 3.40. The van der Waals surface area contributed by atoms with E-state index in [0.717, 1.165) is 5.57 Å². The van der Waals surface area contributed by atoms with E-state index in [9.17, 15) is 24.9 Å². The molecule has 0 saturated heterocycles. The predicted molar refractivity (Wildman–Crippen MR) is 109 cm³/mol. The molecule has 3 N–H and O–H groups in total. The average molecular weight is 418 g/mol. The van der Waals surface area contributed by atoms with Gasteiger partial charge in [-0.3, -0.25) is 4.79 Å². The summed E-state index contributed by atoms with van der Waals surface area (Å²) in [6, 6.07) is 4.13. The number of carbonyl (C=O) groups excluding carboxylic acids is 2. The molecule has 1 aromatic carbocycles. The number of aliphatic hydroxyl groups excluding tert-OH is 1. The Bertz CT molecular complexity index is 890. The van der Waals surface area contributed by atoms with Gasteiger partial charge in [0.2, 0.25) is 0 Å². The van der Waals surface area contributed by atoms with Gasteiger partial charge in [-0.25, -0.2) is 4.79 Å². The molecule has 0 aromatic heterocycles. The molecule has 164 valence electrons. The van der Waals surface area contributed by atoms with Crippen molar-refractivity contribution in [2.45, 2.75) is 58.3 Å².